The first-order valence-corrected chi connectivity index (χ1v) is 16.4. The van der Waals surface area contributed by atoms with Crippen molar-refractivity contribution >= 4 is 10.8 Å². The third kappa shape index (κ3) is 6.98. The number of fused-ring (bicyclic) bond motifs is 1. The number of rotatable bonds is 11. The molecule has 0 aliphatic carbocycles. The van der Waals surface area contributed by atoms with Crippen molar-refractivity contribution in [1.29, 1.82) is 0 Å². The minimum Gasteiger partial charge on any atom is -0.256 e. The molecule has 0 aliphatic rings. The second-order valence-electron chi connectivity index (χ2n) is 12.1. The Morgan fingerprint density at radius 2 is 0.957 bits per heavy atom. The van der Waals surface area contributed by atoms with Crippen LogP contribution in [0.25, 0.3) is 55.5 Å². The first kappa shape index (κ1) is 29.4. The first-order chi connectivity index (χ1) is 22.8. The standard InChI is InChI=1S/C44H38N2/c1(3-11-33-20-24-35(25-21-33)38-14-9-16-40(31-38)43-19-7-8-29-45-43)2-4-12-34-22-26-36(27-23-34)39-15-10-17-41(32-39)44-42-18-6-5-13-37(42)28-30-46-44/h5-10,13-32H,1-4,11-12H2. The van der Waals surface area contributed by atoms with Crippen LogP contribution in [0, 0.1) is 0 Å². The molecule has 2 aromatic heterocycles. The van der Waals surface area contributed by atoms with Crippen LogP contribution in [0.3, 0.4) is 0 Å². The lowest BCUT2D eigenvalue weighted by molar-refractivity contribution is 0.640. The van der Waals surface area contributed by atoms with E-state index in [1.54, 1.807) is 0 Å². The zero-order valence-electron chi connectivity index (χ0n) is 26.1. The minimum absolute atomic E-state index is 1.01. The monoisotopic (exact) mass is 594 g/mol. The van der Waals surface area contributed by atoms with Gasteiger partial charge in [0.2, 0.25) is 0 Å². The summed E-state index contributed by atoms with van der Waals surface area (Å²) in [6.07, 6.45) is 11.0. The highest BCUT2D eigenvalue weighted by atomic mass is 14.7. The average Bonchev–Trinajstić information content (AvgIpc) is 3.14. The summed E-state index contributed by atoms with van der Waals surface area (Å²) in [5.41, 5.74) is 12.1. The molecule has 0 spiro atoms. The highest BCUT2D eigenvalue weighted by Gasteiger charge is 2.08. The maximum Gasteiger partial charge on any atom is 0.0780 e. The molecule has 7 rings (SSSR count). The second-order valence-corrected chi connectivity index (χ2v) is 12.1. The van der Waals surface area contributed by atoms with Gasteiger partial charge in [0.1, 0.15) is 0 Å². The Hall–Kier alpha value is -5.34. The smallest absolute Gasteiger partial charge is 0.0780 e. The number of nitrogens with zero attached hydrogens (tertiary/aromatic N) is 2. The molecule has 0 saturated heterocycles. The predicted molar refractivity (Wildman–Crippen MR) is 194 cm³/mol. The molecule has 0 saturated carbocycles. The van der Waals surface area contributed by atoms with Crippen molar-refractivity contribution in [2.24, 2.45) is 0 Å². The number of aryl methyl sites for hydroxylation is 2. The van der Waals surface area contributed by atoms with Crippen LogP contribution >= 0.6 is 0 Å². The summed E-state index contributed by atoms with van der Waals surface area (Å²) in [5, 5.41) is 2.41. The Morgan fingerprint density at radius 1 is 0.370 bits per heavy atom. The van der Waals surface area contributed by atoms with Gasteiger partial charge in [-0.15, -0.1) is 0 Å². The number of unbranched alkanes of at least 4 members (excludes halogenated alkanes) is 3. The van der Waals surface area contributed by atoms with Crippen LogP contribution in [0.15, 0.2) is 158 Å². The molecule has 224 valence electrons. The van der Waals surface area contributed by atoms with E-state index in [0.29, 0.717) is 0 Å². The van der Waals surface area contributed by atoms with E-state index in [1.165, 1.54) is 69.8 Å². The summed E-state index contributed by atoms with van der Waals surface area (Å²) in [7, 11) is 0. The summed E-state index contributed by atoms with van der Waals surface area (Å²) in [5.74, 6) is 0. The summed E-state index contributed by atoms with van der Waals surface area (Å²) in [6.45, 7) is 0. The number of hydrogen-bond donors (Lipinski definition) is 0. The minimum atomic E-state index is 1.01. The van der Waals surface area contributed by atoms with Gasteiger partial charge in [0, 0.05) is 28.9 Å². The fourth-order valence-corrected chi connectivity index (χ4v) is 6.33. The van der Waals surface area contributed by atoms with Crippen LogP contribution in [-0.2, 0) is 12.8 Å². The van der Waals surface area contributed by atoms with E-state index in [2.05, 4.69) is 138 Å². The fraction of sp³-hybridized carbons (Fsp3) is 0.136. The number of pyridine rings is 2. The summed E-state index contributed by atoms with van der Waals surface area (Å²) >= 11 is 0. The lowest BCUT2D eigenvalue weighted by Gasteiger charge is -2.09. The molecule has 2 nitrogen and oxygen atoms in total. The van der Waals surface area contributed by atoms with Crippen molar-refractivity contribution in [3.8, 4) is 44.8 Å². The molecule has 0 unspecified atom stereocenters. The molecule has 5 aromatic carbocycles. The van der Waals surface area contributed by atoms with Gasteiger partial charge in [-0.25, -0.2) is 0 Å². The molecule has 0 aliphatic heterocycles. The zero-order valence-corrected chi connectivity index (χ0v) is 26.1. The van der Waals surface area contributed by atoms with Crippen LogP contribution in [0.1, 0.15) is 36.8 Å². The van der Waals surface area contributed by atoms with Crippen LogP contribution in [0.2, 0.25) is 0 Å². The third-order valence-corrected chi connectivity index (χ3v) is 8.89. The molecule has 2 heteroatoms. The van der Waals surface area contributed by atoms with Crippen molar-refractivity contribution in [3.05, 3.63) is 169 Å². The summed E-state index contributed by atoms with van der Waals surface area (Å²) in [4.78, 5) is 9.22. The Morgan fingerprint density at radius 3 is 1.61 bits per heavy atom. The molecule has 46 heavy (non-hydrogen) atoms. The number of benzene rings is 5. The Labute approximate surface area is 272 Å². The first-order valence-electron chi connectivity index (χ1n) is 16.4. The van der Waals surface area contributed by atoms with Gasteiger partial charge in [0.05, 0.1) is 11.4 Å². The van der Waals surface area contributed by atoms with E-state index in [4.69, 9.17) is 4.98 Å². The molecule has 2 heterocycles. The van der Waals surface area contributed by atoms with Crippen molar-refractivity contribution < 1.29 is 0 Å². The van der Waals surface area contributed by atoms with E-state index < -0.39 is 0 Å². The molecule has 0 radical (unpaired) electrons. The zero-order chi connectivity index (χ0) is 31.0. The Kier molecular flexibility index (Phi) is 9.05. The van der Waals surface area contributed by atoms with Gasteiger partial charge in [-0.05, 0) is 94.8 Å². The molecular weight excluding hydrogens is 556 g/mol. The van der Waals surface area contributed by atoms with Crippen molar-refractivity contribution in [2.45, 2.75) is 38.5 Å². The highest BCUT2D eigenvalue weighted by molar-refractivity contribution is 5.95. The second kappa shape index (κ2) is 14.2. The summed E-state index contributed by atoms with van der Waals surface area (Å²) < 4.78 is 0. The van der Waals surface area contributed by atoms with E-state index in [-0.39, 0.29) is 0 Å². The van der Waals surface area contributed by atoms with E-state index >= 15 is 0 Å². The maximum absolute atomic E-state index is 4.72. The van der Waals surface area contributed by atoms with Gasteiger partial charge in [0.15, 0.2) is 0 Å². The van der Waals surface area contributed by atoms with Crippen LogP contribution < -0.4 is 0 Å². The Balaban J connectivity index is 0.879. The molecule has 0 bridgehead atoms. The molecular formula is C44H38N2. The van der Waals surface area contributed by atoms with Crippen molar-refractivity contribution in [2.75, 3.05) is 0 Å². The van der Waals surface area contributed by atoms with E-state index in [0.717, 1.165) is 35.4 Å². The fourth-order valence-electron chi connectivity index (χ4n) is 6.33. The third-order valence-electron chi connectivity index (χ3n) is 8.89. The maximum atomic E-state index is 4.72. The average molecular weight is 595 g/mol. The van der Waals surface area contributed by atoms with Gasteiger partial charge >= 0.3 is 0 Å². The van der Waals surface area contributed by atoms with Crippen LogP contribution in [0.4, 0.5) is 0 Å². The van der Waals surface area contributed by atoms with Gasteiger partial charge in [-0.3, -0.25) is 9.97 Å². The normalized spacial score (nSPS) is 11.1. The van der Waals surface area contributed by atoms with Crippen molar-refractivity contribution in [3.63, 3.8) is 0 Å². The lowest BCUT2D eigenvalue weighted by Crippen LogP contribution is -1.90. The van der Waals surface area contributed by atoms with Crippen molar-refractivity contribution in [1.82, 2.24) is 9.97 Å². The Bertz CT molecular complexity index is 2020. The van der Waals surface area contributed by atoms with E-state index in [1.807, 2.05) is 24.5 Å². The highest BCUT2D eigenvalue weighted by Crippen LogP contribution is 2.30. The van der Waals surface area contributed by atoms with Gasteiger partial charge in [0.25, 0.3) is 0 Å². The van der Waals surface area contributed by atoms with Crippen LogP contribution in [-0.4, -0.2) is 9.97 Å². The van der Waals surface area contributed by atoms with Gasteiger partial charge in [-0.1, -0.05) is 128 Å². The molecule has 0 fully saturated rings. The SMILES string of the molecule is c1ccc(-c2cccc(-c3ccc(CCCCCCc4ccc(-c5cccc(-c6nccc7ccccc67)c5)cc4)cc3)c2)nc1. The number of aromatic nitrogens is 2. The largest absolute Gasteiger partial charge is 0.256 e. The molecule has 0 N–H and O–H groups in total. The number of hydrogen-bond acceptors (Lipinski definition) is 2. The van der Waals surface area contributed by atoms with Crippen LogP contribution in [0.5, 0.6) is 0 Å². The summed E-state index contributed by atoms with van der Waals surface area (Å²) in [6, 6.07) is 52.2. The molecule has 0 atom stereocenters. The van der Waals surface area contributed by atoms with E-state index in [9.17, 15) is 0 Å². The topological polar surface area (TPSA) is 25.8 Å². The quantitative estimate of drug-likeness (QED) is 0.139. The van der Waals surface area contributed by atoms with Gasteiger partial charge < -0.3 is 0 Å². The molecule has 0 amide bonds. The molecule has 7 aromatic rings. The predicted octanol–water partition coefficient (Wildman–Crippen LogP) is 11.6. The van der Waals surface area contributed by atoms with Gasteiger partial charge in [-0.2, -0.15) is 0 Å². The lowest BCUT2D eigenvalue weighted by atomic mass is 9.97.